The summed E-state index contributed by atoms with van der Waals surface area (Å²) in [7, 11) is -3.83. The van der Waals surface area contributed by atoms with E-state index < -0.39 is 27.5 Å². The van der Waals surface area contributed by atoms with Crippen LogP contribution in [0.3, 0.4) is 0 Å². The molecule has 7 nitrogen and oxygen atoms in total. The van der Waals surface area contributed by atoms with Crippen molar-refractivity contribution in [2.75, 3.05) is 6.54 Å². The molecule has 0 bridgehead atoms. The first-order chi connectivity index (χ1) is 11.2. The van der Waals surface area contributed by atoms with Gasteiger partial charge in [0, 0.05) is 22.5 Å². The van der Waals surface area contributed by atoms with Gasteiger partial charge in [-0.15, -0.1) is 0 Å². The highest BCUT2D eigenvalue weighted by atomic mass is 35.5. The summed E-state index contributed by atoms with van der Waals surface area (Å²) in [5.74, 6) is -0.728. The van der Waals surface area contributed by atoms with Gasteiger partial charge in [0.1, 0.15) is 5.54 Å². The Hall–Kier alpha value is -1.35. The van der Waals surface area contributed by atoms with Crippen LogP contribution in [0.15, 0.2) is 23.1 Å². The summed E-state index contributed by atoms with van der Waals surface area (Å²) in [5, 5.41) is 5.29. The number of rotatable bonds is 4. The third-order valence-electron chi connectivity index (χ3n) is 4.46. The summed E-state index contributed by atoms with van der Waals surface area (Å²) in [4.78, 5) is 23.5. The molecule has 3 rings (SSSR count). The fourth-order valence-electron chi connectivity index (χ4n) is 3.30. The lowest BCUT2D eigenvalue weighted by Gasteiger charge is -2.28. The summed E-state index contributed by atoms with van der Waals surface area (Å²) in [5.41, 5.74) is -1.04. The third kappa shape index (κ3) is 3.11. The normalized spacial score (nSPS) is 26.7. The number of nitrogens with one attached hydrogen (secondary N) is 3. The number of hydrogen-bond acceptors (Lipinski definition) is 4. The molecule has 0 radical (unpaired) electrons. The van der Waals surface area contributed by atoms with E-state index in [1.165, 1.54) is 18.2 Å². The number of carbonyl (C=O) groups excluding carboxylic acids is 2. The number of carbonyl (C=O) groups is 2. The van der Waals surface area contributed by atoms with Crippen molar-refractivity contribution in [3.05, 3.63) is 28.2 Å². The lowest BCUT2D eigenvalue weighted by atomic mass is 9.87. The minimum Gasteiger partial charge on any atom is -0.323 e. The molecular weight excluding hydrogens is 377 g/mol. The van der Waals surface area contributed by atoms with E-state index in [1.54, 1.807) is 0 Å². The average molecular weight is 392 g/mol. The number of hydrogen-bond donors (Lipinski definition) is 3. The van der Waals surface area contributed by atoms with Gasteiger partial charge in [-0.2, -0.15) is 0 Å². The second-order valence-electron chi connectivity index (χ2n) is 5.93. The number of sulfonamides is 1. The number of benzene rings is 1. The molecule has 2 fully saturated rings. The molecule has 24 heavy (non-hydrogen) atoms. The first-order valence-electron chi connectivity index (χ1n) is 7.32. The van der Waals surface area contributed by atoms with E-state index in [0.717, 1.165) is 6.42 Å². The lowest BCUT2D eigenvalue weighted by Crippen LogP contribution is -2.53. The molecule has 2 aliphatic rings. The van der Waals surface area contributed by atoms with Crippen LogP contribution in [0.2, 0.25) is 10.0 Å². The largest absolute Gasteiger partial charge is 0.323 e. The molecule has 1 aromatic carbocycles. The zero-order chi connectivity index (χ0) is 17.5. The highest BCUT2D eigenvalue weighted by molar-refractivity contribution is 7.89. The standard InChI is InChI=1S/C14H15Cl2N3O4S/c15-9-4-10(16)6-11(5-9)24(22,23)17-7-8-2-1-3-14(8)12(20)18-13(21)19-14/h4-6,8,17H,1-3,7H2,(H2,18,19,20,21)/t8-,14+/m0/s1. The second-order valence-corrected chi connectivity index (χ2v) is 8.57. The predicted molar refractivity (Wildman–Crippen MR) is 88.4 cm³/mol. The Morgan fingerprint density at radius 2 is 1.88 bits per heavy atom. The van der Waals surface area contributed by atoms with E-state index in [4.69, 9.17) is 23.2 Å². The van der Waals surface area contributed by atoms with Gasteiger partial charge in [-0.3, -0.25) is 10.1 Å². The van der Waals surface area contributed by atoms with Gasteiger partial charge in [0.05, 0.1) is 4.90 Å². The summed E-state index contributed by atoms with van der Waals surface area (Å²) in [6, 6.07) is 3.48. The second kappa shape index (κ2) is 6.18. The molecule has 0 unspecified atom stereocenters. The predicted octanol–water partition coefficient (Wildman–Crippen LogP) is 1.65. The molecule has 3 N–H and O–H groups in total. The van der Waals surface area contributed by atoms with Crippen molar-refractivity contribution in [1.82, 2.24) is 15.4 Å². The van der Waals surface area contributed by atoms with Gasteiger partial charge >= 0.3 is 6.03 Å². The number of halogens is 2. The van der Waals surface area contributed by atoms with Gasteiger partial charge in [0.15, 0.2) is 0 Å². The molecule has 3 amide bonds. The molecule has 1 spiro atoms. The summed E-state index contributed by atoms with van der Waals surface area (Å²) < 4.78 is 27.3. The van der Waals surface area contributed by atoms with Crippen molar-refractivity contribution >= 4 is 45.2 Å². The van der Waals surface area contributed by atoms with Gasteiger partial charge in [-0.05, 0) is 31.0 Å². The summed E-state index contributed by atoms with van der Waals surface area (Å²) >= 11 is 11.7. The molecule has 1 saturated heterocycles. The quantitative estimate of drug-likeness (QED) is 0.678. The van der Waals surface area contributed by atoms with E-state index in [1.807, 2.05) is 0 Å². The topological polar surface area (TPSA) is 104 Å². The Bertz CT molecular complexity index is 794. The number of amides is 3. The van der Waals surface area contributed by atoms with E-state index in [0.29, 0.717) is 12.8 Å². The van der Waals surface area contributed by atoms with Crippen molar-refractivity contribution in [1.29, 1.82) is 0 Å². The van der Waals surface area contributed by atoms with Crippen LogP contribution in [0.25, 0.3) is 0 Å². The zero-order valence-electron chi connectivity index (χ0n) is 12.4. The molecule has 2 atom stereocenters. The molecule has 1 saturated carbocycles. The van der Waals surface area contributed by atoms with Crippen LogP contribution in [-0.4, -0.2) is 32.4 Å². The third-order valence-corrected chi connectivity index (χ3v) is 6.30. The van der Waals surface area contributed by atoms with Crippen LogP contribution < -0.4 is 15.4 Å². The smallest absolute Gasteiger partial charge is 0.322 e. The van der Waals surface area contributed by atoms with Crippen molar-refractivity contribution in [2.45, 2.75) is 29.7 Å². The van der Waals surface area contributed by atoms with E-state index >= 15 is 0 Å². The zero-order valence-corrected chi connectivity index (χ0v) is 14.8. The number of imide groups is 1. The SMILES string of the molecule is O=C1NC(=O)[C@]2(CCC[C@H]2CNS(=O)(=O)c2cc(Cl)cc(Cl)c2)N1. The highest BCUT2D eigenvalue weighted by Crippen LogP contribution is 2.37. The van der Waals surface area contributed by atoms with E-state index in [9.17, 15) is 18.0 Å². The maximum Gasteiger partial charge on any atom is 0.322 e. The Labute approximate surface area is 149 Å². The fourth-order valence-corrected chi connectivity index (χ4v) is 5.11. The summed E-state index contributed by atoms with van der Waals surface area (Å²) in [6.45, 7) is 0.0279. The molecule has 1 heterocycles. The van der Waals surface area contributed by atoms with Gasteiger partial charge in [0.25, 0.3) is 5.91 Å². The van der Waals surface area contributed by atoms with Crippen LogP contribution in [0.4, 0.5) is 4.79 Å². The molecular formula is C14H15Cl2N3O4S. The first kappa shape index (κ1) is 17.5. The van der Waals surface area contributed by atoms with E-state index in [2.05, 4.69) is 15.4 Å². The minimum absolute atomic E-state index is 0.0279. The van der Waals surface area contributed by atoms with Crippen LogP contribution in [0.1, 0.15) is 19.3 Å². The molecule has 1 aliphatic heterocycles. The monoisotopic (exact) mass is 391 g/mol. The molecule has 130 valence electrons. The van der Waals surface area contributed by atoms with Crippen molar-refractivity contribution in [3.63, 3.8) is 0 Å². The molecule has 1 aliphatic carbocycles. The van der Waals surface area contributed by atoms with Crippen molar-refractivity contribution < 1.29 is 18.0 Å². The molecule has 0 aromatic heterocycles. The van der Waals surface area contributed by atoms with E-state index in [-0.39, 0.29) is 27.4 Å². The maximum absolute atomic E-state index is 12.4. The Morgan fingerprint density at radius 1 is 1.21 bits per heavy atom. The Morgan fingerprint density at radius 3 is 2.46 bits per heavy atom. The van der Waals surface area contributed by atoms with Crippen molar-refractivity contribution in [3.8, 4) is 0 Å². The van der Waals surface area contributed by atoms with Gasteiger partial charge in [-0.25, -0.2) is 17.9 Å². The first-order valence-corrected chi connectivity index (χ1v) is 9.56. The Kier molecular flexibility index (Phi) is 4.50. The van der Waals surface area contributed by atoms with Crippen LogP contribution >= 0.6 is 23.2 Å². The molecule has 1 aromatic rings. The molecule has 10 heteroatoms. The highest BCUT2D eigenvalue weighted by Gasteiger charge is 2.54. The Balaban J connectivity index is 1.77. The van der Waals surface area contributed by atoms with Gasteiger partial charge in [0.2, 0.25) is 10.0 Å². The van der Waals surface area contributed by atoms with Gasteiger partial charge < -0.3 is 5.32 Å². The minimum atomic E-state index is -3.83. The maximum atomic E-state index is 12.4. The fraction of sp³-hybridized carbons (Fsp3) is 0.429. The van der Waals surface area contributed by atoms with Crippen LogP contribution in [0.5, 0.6) is 0 Å². The van der Waals surface area contributed by atoms with Crippen molar-refractivity contribution in [2.24, 2.45) is 5.92 Å². The lowest BCUT2D eigenvalue weighted by molar-refractivity contribution is -0.125. The van der Waals surface area contributed by atoms with Crippen LogP contribution in [-0.2, 0) is 14.8 Å². The average Bonchev–Trinajstić information content (AvgIpc) is 3.00. The number of urea groups is 1. The van der Waals surface area contributed by atoms with Gasteiger partial charge in [-0.1, -0.05) is 29.6 Å². The summed E-state index contributed by atoms with van der Waals surface area (Å²) in [6.07, 6.45) is 1.84. The van der Waals surface area contributed by atoms with Crippen LogP contribution in [0, 0.1) is 5.92 Å².